The molecule has 1 fully saturated rings. The maximum absolute atomic E-state index is 14.4. The SMILES string of the molecule is O=C(Nc1cc(F)cc(C(=O)c2ccc3ncc(N4CCOCC4)nc3c2)c1)Nc1ccc(Cl)c(Cl)c1. The Hall–Kier alpha value is -3.79. The van der Waals surface area contributed by atoms with E-state index in [2.05, 4.69) is 25.5 Å². The topological polar surface area (TPSA) is 96.5 Å². The van der Waals surface area contributed by atoms with E-state index >= 15 is 0 Å². The number of aromatic nitrogens is 2. The first kappa shape index (κ1) is 24.9. The van der Waals surface area contributed by atoms with Crippen LogP contribution in [0.5, 0.6) is 0 Å². The molecule has 0 unspecified atom stereocenters. The number of carbonyl (C=O) groups excluding carboxylic acids is 2. The molecule has 3 aromatic carbocycles. The average Bonchev–Trinajstić information content (AvgIpc) is 2.90. The fourth-order valence-electron chi connectivity index (χ4n) is 3.91. The predicted molar refractivity (Wildman–Crippen MR) is 142 cm³/mol. The summed E-state index contributed by atoms with van der Waals surface area (Å²) in [5.74, 6) is -0.399. The smallest absolute Gasteiger partial charge is 0.323 e. The monoisotopic (exact) mass is 539 g/mol. The second kappa shape index (κ2) is 10.7. The summed E-state index contributed by atoms with van der Waals surface area (Å²) in [5, 5.41) is 5.73. The van der Waals surface area contributed by atoms with Gasteiger partial charge in [-0.2, -0.15) is 0 Å². The minimum absolute atomic E-state index is 0.0708. The molecule has 37 heavy (non-hydrogen) atoms. The third-order valence-electron chi connectivity index (χ3n) is 5.72. The quantitative estimate of drug-likeness (QED) is 0.311. The van der Waals surface area contributed by atoms with Gasteiger partial charge in [0, 0.05) is 35.6 Å². The third kappa shape index (κ3) is 5.80. The van der Waals surface area contributed by atoms with Gasteiger partial charge in [-0.1, -0.05) is 23.2 Å². The number of urea groups is 1. The molecule has 188 valence electrons. The number of amides is 2. The first-order valence-corrected chi connectivity index (χ1v) is 12.1. The highest BCUT2D eigenvalue weighted by Crippen LogP contribution is 2.26. The predicted octanol–water partition coefficient (Wildman–Crippen LogP) is 5.79. The van der Waals surface area contributed by atoms with E-state index in [0.717, 1.165) is 12.1 Å². The van der Waals surface area contributed by atoms with Crippen molar-refractivity contribution in [2.75, 3.05) is 41.8 Å². The van der Waals surface area contributed by atoms with Crippen LogP contribution >= 0.6 is 23.2 Å². The van der Waals surface area contributed by atoms with E-state index in [1.165, 1.54) is 18.2 Å². The van der Waals surface area contributed by atoms with Crippen LogP contribution < -0.4 is 15.5 Å². The van der Waals surface area contributed by atoms with Crippen LogP contribution in [0.15, 0.2) is 60.8 Å². The highest BCUT2D eigenvalue weighted by molar-refractivity contribution is 6.42. The molecule has 5 rings (SSSR count). The van der Waals surface area contributed by atoms with Gasteiger partial charge >= 0.3 is 6.03 Å². The van der Waals surface area contributed by atoms with Gasteiger partial charge in [0.2, 0.25) is 0 Å². The summed E-state index contributed by atoms with van der Waals surface area (Å²) in [5.41, 5.74) is 2.07. The highest BCUT2D eigenvalue weighted by Gasteiger charge is 2.16. The lowest BCUT2D eigenvalue weighted by Gasteiger charge is -2.27. The van der Waals surface area contributed by atoms with Crippen LogP contribution in [0.3, 0.4) is 0 Å². The molecular formula is C26H20Cl2FN5O3. The van der Waals surface area contributed by atoms with Crippen molar-refractivity contribution < 1.29 is 18.7 Å². The number of fused-ring (bicyclic) bond motifs is 1. The normalized spacial score (nSPS) is 13.4. The zero-order chi connectivity index (χ0) is 25.9. The summed E-state index contributed by atoms with van der Waals surface area (Å²) in [7, 11) is 0. The number of nitrogens with zero attached hydrogens (tertiary/aromatic N) is 3. The maximum Gasteiger partial charge on any atom is 0.323 e. The minimum Gasteiger partial charge on any atom is -0.378 e. The molecule has 0 aliphatic carbocycles. The second-order valence-corrected chi connectivity index (χ2v) is 9.11. The molecule has 1 aliphatic rings. The van der Waals surface area contributed by atoms with E-state index in [0.29, 0.717) is 59.4 Å². The number of carbonyl (C=O) groups is 2. The Bertz CT molecular complexity index is 1510. The van der Waals surface area contributed by atoms with Gasteiger partial charge in [0.15, 0.2) is 5.78 Å². The van der Waals surface area contributed by atoms with Crippen molar-refractivity contribution >= 4 is 63.2 Å². The van der Waals surface area contributed by atoms with Crippen molar-refractivity contribution in [3.8, 4) is 0 Å². The van der Waals surface area contributed by atoms with Gasteiger partial charge in [-0.15, -0.1) is 0 Å². The number of hydrogen-bond acceptors (Lipinski definition) is 6. The van der Waals surface area contributed by atoms with Crippen molar-refractivity contribution in [3.05, 3.63) is 87.8 Å². The third-order valence-corrected chi connectivity index (χ3v) is 6.46. The van der Waals surface area contributed by atoms with Crippen LogP contribution in [-0.2, 0) is 4.74 Å². The first-order valence-electron chi connectivity index (χ1n) is 11.3. The molecule has 1 saturated heterocycles. The Kier molecular flexibility index (Phi) is 7.18. The first-order chi connectivity index (χ1) is 17.9. The largest absolute Gasteiger partial charge is 0.378 e. The maximum atomic E-state index is 14.4. The lowest BCUT2D eigenvalue weighted by Crippen LogP contribution is -2.36. The molecule has 2 heterocycles. The Morgan fingerprint density at radius 1 is 0.865 bits per heavy atom. The van der Waals surface area contributed by atoms with E-state index < -0.39 is 17.6 Å². The highest BCUT2D eigenvalue weighted by atomic mass is 35.5. The molecule has 0 radical (unpaired) electrons. The molecule has 11 heteroatoms. The van der Waals surface area contributed by atoms with Crippen molar-refractivity contribution in [1.82, 2.24) is 9.97 Å². The van der Waals surface area contributed by atoms with Crippen LogP contribution in [0.2, 0.25) is 10.0 Å². The van der Waals surface area contributed by atoms with Gasteiger partial charge in [0.05, 0.1) is 40.5 Å². The van der Waals surface area contributed by atoms with Gasteiger partial charge in [-0.25, -0.2) is 14.2 Å². The van der Waals surface area contributed by atoms with Crippen LogP contribution in [-0.4, -0.2) is 48.1 Å². The second-order valence-electron chi connectivity index (χ2n) is 8.30. The number of hydrogen-bond donors (Lipinski definition) is 2. The number of ether oxygens (including phenoxy) is 1. The summed E-state index contributed by atoms with van der Waals surface area (Å²) >= 11 is 11.9. The van der Waals surface area contributed by atoms with Crippen LogP contribution in [0.4, 0.5) is 26.4 Å². The lowest BCUT2D eigenvalue weighted by atomic mass is 10.0. The molecule has 0 atom stereocenters. The standard InChI is InChI=1S/C26H20Cl2FN5O3/c27-20-3-2-18(13-21(20)28)31-26(36)32-19-10-16(9-17(29)12-19)25(35)15-1-4-22-23(11-15)33-24(14-30-22)34-5-7-37-8-6-34/h1-4,9-14H,5-8H2,(H2,31,32,36). The number of anilines is 3. The fourth-order valence-corrected chi connectivity index (χ4v) is 4.21. The Morgan fingerprint density at radius 3 is 2.43 bits per heavy atom. The number of halogens is 3. The minimum atomic E-state index is -0.675. The molecule has 0 saturated carbocycles. The van der Waals surface area contributed by atoms with Gasteiger partial charge in [-0.05, 0) is 54.6 Å². The van der Waals surface area contributed by atoms with Gasteiger partial charge in [-0.3, -0.25) is 9.78 Å². The van der Waals surface area contributed by atoms with E-state index in [1.807, 2.05) is 0 Å². The molecule has 0 bridgehead atoms. The zero-order valence-electron chi connectivity index (χ0n) is 19.3. The Morgan fingerprint density at radius 2 is 1.65 bits per heavy atom. The molecular weight excluding hydrogens is 520 g/mol. The van der Waals surface area contributed by atoms with Crippen LogP contribution in [0.25, 0.3) is 11.0 Å². The van der Waals surface area contributed by atoms with Crippen LogP contribution in [0.1, 0.15) is 15.9 Å². The number of rotatable bonds is 5. The molecule has 2 N–H and O–H groups in total. The van der Waals surface area contributed by atoms with Crippen LogP contribution in [0, 0.1) is 5.82 Å². The molecule has 1 aliphatic heterocycles. The van der Waals surface area contributed by atoms with E-state index in [9.17, 15) is 14.0 Å². The molecule has 2 amide bonds. The number of morpholine rings is 1. The summed E-state index contributed by atoms with van der Waals surface area (Å²) < 4.78 is 19.8. The molecule has 4 aromatic rings. The van der Waals surface area contributed by atoms with Gasteiger partial charge in [0.1, 0.15) is 11.6 Å². The summed E-state index contributed by atoms with van der Waals surface area (Å²) in [6, 6.07) is 12.5. The van der Waals surface area contributed by atoms with Gasteiger partial charge < -0.3 is 20.3 Å². The summed E-state index contributed by atoms with van der Waals surface area (Å²) in [4.78, 5) is 36.8. The Balaban J connectivity index is 1.35. The van der Waals surface area contributed by atoms with Crippen molar-refractivity contribution in [3.63, 3.8) is 0 Å². The summed E-state index contributed by atoms with van der Waals surface area (Å²) in [6.45, 7) is 2.63. The van der Waals surface area contributed by atoms with Crippen molar-refractivity contribution in [2.45, 2.75) is 0 Å². The molecule has 8 nitrogen and oxygen atoms in total. The number of benzene rings is 3. The van der Waals surface area contributed by atoms with Crippen molar-refractivity contribution in [1.29, 1.82) is 0 Å². The lowest BCUT2D eigenvalue weighted by molar-refractivity contribution is 0.103. The summed E-state index contributed by atoms with van der Waals surface area (Å²) in [6.07, 6.45) is 1.70. The Labute approximate surface area is 221 Å². The molecule has 1 aromatic heterocycles. The van der Waals surface area contributed by atoms with Crippen molar-refractivity contribution in [2.24, 2.45) is 0 Å². The molecule has 0 spiro atoms. The average molecular weight is 540 g/mol. The van der Waals surface area contributed by atoms with E-state index in [-0.39, 0.29) is 16.3 Å². The zero-order valence-corrected chi connectivity index (χ0v) is 20.8. The number of nitrogens with one attached hydrogen (secondary N) is 2. The number of ketones is 1. The van der Waals surface area contributed by atoms with E-state index in [1.54, 1.807) is 30.5 Å². The fraction of sp³-hybridized carbons (Fsp3) is 0.154. The van der Waals surface area contributed by atoms with E-state index in [4.69, 9.17) is 27.9 Å². The van der Waals surface area contributed by atoms with Gasteiger partial charge in [0.25, 0.3) is 0 Å².